The Bertz CT molecular complexity index is 908. The lowest BCUT2D eigenvalue weighted by atomic mass is 10.2. The maximum atomic E-state index is 14.1. The first-order valence-corrected chi connectivity index (χ1v) is 9.56. The number of likely N-dealkylation sites (tertiary alicyclic amines) is 1. The molecule has 0 radical (unpaired) electrons. The molecule has 26 heavy (non-hydrogen) atoms. The largest absolute Gasteiger partial charge is 0.357 e. The third kappa shape index (κ3) is 3.41. The van der Waals surface area contributed by atoms with Crippen molar-refractivity contribution in [3.63, 3.8) is 0 Å². The fraction of sp³-hybridized carbons (Fsp3) is 0.529. The van der Waals surface area contributed by atoms with E-state index < -0.39 is 6.17 Å². The standard InChI is InChI=1S/C17H22FN7S/c1-11-15(26-10-19-11)9-24-7-13(18)6-14(24)8-23(3)17-5-4-16-20-12(2)21-25(16)22-17/h4-5,10,13-14H,6-9H2,1-3H3/t13-,14-/m0/s1. The summed E-state index contributed by atoms with van der Waals surface area (Å²) in [6, 6.07) is 3.99. The number of nitrogens with zero attached hydrogens (tertiary/aromatic N) is 7. The number of fused-ring (bicyclic) bond motifs is 1. The highest BCUT2D eigenvalue weighted by molar-refractivity contribution is 7.09. The summed E-state index contributed by atoms with van der Waals surface area (Å²) >= 11 is 1.64. The first-order chi connectivity index (χ1) is 12.5. The van der Waals surface area contributed by atoms with Crippen LogP contribution in [0.4, 0.5) is 10.2 Å². The molecule has 4 rings (SSSR count). The van der Waals surface area contributed by atoms with Crippen molar-refractivity contribution in [3.8, 4) is 0 Å². The normalized spacial score (nSPS) is 20.9. The first kappa shape index (κ1) is 17.3. The molecule has 1 saturated heterocycles. The molecule has 3 aromatic heterocycles. The maximum absolute atomic E-state index is 14.1. The van der Waals surface area contributed by atoms with Crippen molar-refractivity contribution in [1.29, 1.82) is 0 Å². The SMILES string of the molecule is Cc1nc2ccc(N(C)C[C@@H]3C[C@H](F)CN3Cc3scnc3C)nn2n1. The van der Waals surface area contributed by atoms with Crippen LogP contribution in [-0.2, 0) is 6.54 Å². The average Bonchev–Trinajstić information content (AvgIpc) is 3.26. The maximum Gasteiger partial charge on any atom is 0.176 e. The van der Waals surface area contributed by atoms with Crippen molar-refractivity contribution in [2.24, 2.45) is 0 Å². The van der Waals surface area contributed by atoms with Crippen LogP contribution in [0.5, 0.6) is 0 Å². The second-order valence-electron chi connectivity index (χ2n) is 6.86. The molecule has 0 N–H and O–H groups in total. The number of rotatable bonds is 5. The lowest BCUT2D eigenvalue weighted by Crippen LogP contribution is -2.39. The molecule has 0 saturated carbocycles. The van der Waals surface area contributed by atoms with E-state index in [1.807, 2.05) is 38.5 Å². The van der Waals surface area contributed by atoms with Gasteiger partial charge in [0.05, 0.1) is 11.2 Å². The van der Waals surface area contributed by atoms with Crippen LogP contribution < -0.4 is 4.90 Å². The Morgan fingerprint density at radius 1 is 1.31 bits per heavy atom. The molecular weight excluding hydrogens is 353 g/mol. The summed E-state index contributed by atoms with van der Waals surface area (Å²) in [5, 5.41) is 8.79. The van der Waals surface area contributed by atoms with Gasteiger partial charge in [-0.25, -0.2) is 14.4 Å². The van der Waals surface area contributed by atoms with Gasteiger partial charge in [0.15, 0.2) is 11.5 Å². The Labute approximate surface area is 155 Å². The molecule has 1 aliphatic heterocycles. The number of alkyl halides is 1. The van der Waals surface area contributed by atoms with E-state index in [1.54, 1.807) is 16.0 Å². The zero-order valence-electron chi connectivity index (χ0n) is 15.1. The van der Waals surface area contributed by atoms with E-state index >= 15 is 0 Å². The first-order valence-electron chi connectivity index (χ1n) is 8.68. The topological polar surface area (TPSA) is 62.5 Å². The molecule has 0 bridgehead atoms. The van der Waals surface area contributed by atoms with Crippen LogP contribution in [0.15, 0.2) is 17.6 Å². The minimum absolute atomic E-state index is 0.145. The fourth-order valence-corrected chi connectivity index (χ4v) is 4.26. The van der Waals surface area contributed by atoms with Gasteiger partial charge in [-0.2, -0.15) is 0 Å². The molecule has 0 unspecified atom stereocenters. The predicted molar refractivity (Wildman–Crippen MR) is 99.4 cm³/mol. The molecule has 9 heteroatoms. The molecule has 2 atom stereocenters. The zero-order valence-corrected chi connectivity index (χ0v) is 15.9. The Morgan fingerprint density at radius 2 is 2.15 bits per heavy atom. The third-order valence-corrected chi connectivity index (χ3v) is 5.76. The Balaban J connectivity index is 1.49. The molecule has 4 heterocycles. The van der Waals surface area contributed by atoms with E-state index in [2.05, 4.69) is 30.0 Å². The summed E-state index contributed by atoms with van der Waals surface area (Å²) in [6.07, 6.45) is -0.234. The van der Waals surface area contributed by atoms with Gasteiger partial charge in [0.2, 0.25) is 0 Å². The summed E-state index contributed by atoms with van der Waals surface area (Å²) in [6.45, 7) is 5.80. The van der Waals surface area contributed by atoms with E-state index in [-0.39, 0.29) is 6.04 Å². The minimum atomic E-state index is -0.782. The van der Waals surface area contributed by atoms with Gasteiger partial charge in [-0.15, -0.1) is 26.2 Å². The molecule has 7 nitrogen and oxygen atoms in total. The molecule has 1 aliphatic rings. The summed E-state index contributed by atoms with van der Waals surface area (Å²) in [7, 11) is 1.99. The molecule has 1 fully saturated rings. The summed E-state index contributed by atoms with van der Waals surface area (Å²) in [5.41, 5.74) is 3.62. The molecule has 0 spiro atoms. The Morgan fingerprint density at radius 3 is 2.92 bits per heavy atom. The van der Waals surface area contributed by atoms with Crippen LogP contribution in [-0.4, -0.2) is 62.0 Å². The number of hydrogen-bond acceptors (Lipinski definition) is 7. The Hall–Kier alpha value is -2.13. The number of thiazole rings is 1. The Kier molecular flexibility index (Phi) is 4.58. The van der Waals surface area contributed by atoms with Crippen LogP contribution in [0, 0.1) is 13.8 Å². The highest BCUT2D eigenvalue weighted by Gasteiger charge is 2.33. The van der Waals surface area contributed by atoms with E-state index in [9.17, 15) is 4.39 Å². The van der Waals surface area contributed by atoms with Crippen molar-refractivity contribution in [3.05, 3.63) is 34.0 Å². The molecule has 0 amide bonds. The lowest BCUT2D eigenvalue weighted by Gasteiger charge is -2.28. The fourth-order valence-electron chi connectivity index (χ4n) is 3.46. The number of aryl methyl sites for hydroxylation is 2. The van der Waals surface area contributed by atoms with Gasteiger partial charge in [0.25, 0.3) is 0 Å². The van der Waals surface area contributed by atoms with Crippen LogP contribution >= 0.6 is 11.3 Å². The predicted octanol–water partition coefficient (Wildman–Crippen LogP) is 2.25. The lowest BCUT2D eigenvalue weighted by molar-refractivity contribution is 0.238. The number of halogens is 1. The third-order valence-electron chi connectivity index (χ3n) is 4.84. The molecule has 0 aromatic carbocycles. The van der Waals surface area contributed by atoms with E-state index in [1.165, 1.54) is 4.88 Å². The highest BCUT2D eigenvalue weighted by Crippen LogP contribution is 2.26. The van der Waals surface area contributed by atoms with Gasteiger partial charge in [0.1, 0.15) is 12.0 Å². The second kappa shape index (κ2) is 6.88. The van der Waals surface area contributed by atoms with Crippen LogP contribution in [0.3, 0.4) is 0 Å². The average molecular weight is 375 g/mol. The number of aromatic nitrogens is 5. The second-order valence-corrected chi connectivity index (χ2v) is 7.80. The zero-order chi connectivity index (χ0) is 18.3. The van der Waals surface area contributed by atoms with Crippen LogP contribution in [0.1, 0.15) is 22.8 Å². The summed E-state index contributed by atoms with van der Waals surface area (Å²) < 4.78 is 15.7. The smallest absolute Gasteiger partial charge is 0.176 e. The quantitative estimate of drug-likeness (QED) is 0.682. The number of likely N-dealkylation sites (N-methyl/N-ethyl adjacent to an activating group) is 1. The minimum Gasteiger partial charge on any atom is -0.357 e. The van der Waals surface area contributed by atoms with E-state index in [0.717, 1.165) is 23.7 Å². The molecule has 0 aliphatic carbocycles. The number of anilines is 1. The van der Waals surface area contributed by atoms with E-state index in [0.29, 0.717) is 25.3 Å². The van der Waals surface area contributed by atoms with Crippen molar-refractivity contribution >= 4 is 22.8 Å². The van der Waals surface area contributed by atoms with Gasteiger partial charge < -0.3 is 4.90 Å². The molecular formula is C17H22FN7S. The molecule has 3 aromatic rings. The van der Waals surface area contributed by atoms with Gasteiger partial charge in [-0.05, 0) is 32.4 Å². The van der Waals surface area contributed by atoms with Gasteiger partial charge in [-0.1, -0.05) is 0 Å². The highest BCUT2D eigenvalue weighted by atomic mass is 32.1. The van der Waals surface area contributed by atoms with Gasteiger partial charge >= 0.3 is 0 Å². The monoisotopic (exact) mass is 375 g/mol. The van der Waals surface area contributed by atoms with Crippen molar-refractivity contribution in [2.75, 3.05) is 25.0 Å². The van der Waals surface area contributed by atoms with Gasteiger partial charge in [0, 0.05) is 37.6 Å². The van der Waals surface area contributed by atoms with Crippen molar-refractivity contribution in [1.82, 2.24) is 29.7 Å². The van der Waals surface area contributed by atoms with Crippen molar-refractivity contribution in [2.45, 2.75) is 39.0 Å². The summed E-state index contributed by atoms with van der Waals surface area (Å²) in [5.74, 6) is 1.50. The van der Waals surface area contributed by atoms with Crippen LogP contribution in [0.25, 0.3) is 5.65 Å². The van der Waals surface area contributed by atoms with E-state index in [4.69, 9.17) is 0 Å². The van der Waals surface area contributed by atoms with Crippen molar-refractivity contribution < 1.29 is 4.39 Å². The van der Waals surface area contributed by atoms with Gasteiger partial charge in [-0.3, -0.25) is 4.90 Å². The molecule has 138 valence electrons. The number of hydrogen-bond donors (Lipinski definition) is 0. The summed E-state index contributed by atoms with van der Waals surface area (Å²) in [4.78, 5) is 14.1. The van der Waals surface area contributed by atoms with Crippen LogP contribution in [0.2, 0.25) is 0 Å².